The molecule has 0 N–H and O–H groups in total. The molecular weight excluding hydrogens is 374 g/mol. The van der Waals surface area contributed by atoms with Gasteiger partial charge in [0, 0.05) is 27.7 Å². The van der Waals surface area contributed by atoms with Crippen LogP contribution >= 0.6 is 23.4 Å². The number of nitrogens with zero attached hydrogens (tertiary/aromatic N) is 3. The van der Waals surface area contributed by atoms with Crippen molar-refractivity contribution in [3.63, 3.8) is 0 Å². The van der Waals surface area contributed by atoms with Crippen LogP contribution in [-0.4, -0.2) is 19.8 Å². The number of hydrogen-bond acceptors (Lipinski definition) is 3. The highest BCUT2D eigenvalue weighted by molar-refractivity contribution is 8.00. The summed E-state index contributed by atoms with van der Waals surface area (Å²) >= 11 is 8.04. The number of benzene rings is 2. The minimum absolute atomic E-state index is 0.487. The molecule has 3 nitrogen and oxygen atoms in total. The van der Waals surface area contributed by atoms with Crippen LogP contribution < -0.4 is 0 Å². The van der Waals surface area contributed by atoms with Crippen LogP contribution in [0.2, 0.25) is 5.02 Å². The molecule has 0 amide bonds. The monoisotopic (exact) mass is 393 g/mol. The number of hydrogen-bond donors (Lipinski definition) is 0. The largest absolute Gasteiger partial charge is 0.301 e. The van der Waals surface area contributed by atoms with Crippen molar-refractivity contribution < 1.29 is 0 Å². The maximum absolute atomic E-state index is 6.24. The second kappa shape index (κ2) is 7.75. The summed E-state index contributed by atoms with van der Waals surface area (Å²) in [7, 11) is 0. The van der Waals surface area contributed by atoms with Crippen molar-refractivity contribution in [1.82, 2.24) is 14.5 Å². The summed E-state index contributed by atoms with van der Waals surface area (Å²) in [5, 5.41) is 3.31. The maximum atomic E-state index is 6.24. The van der Waals surface area contributed by atoms with Crippen LogP contribution in [0.1, 0.15) is 20.3 Å². The molecule has 0 saturated carbocycles. The zero-order valence-corrected chi connectivity index (χ0v) is 16.8. The van der Waals surface area contributed by atoms with Crippen molar-refractivity contribution in [2.24, 2.45) is 0 Å². The second-order valence-electron chi connectivity index (χ2n) is 6.47. The lowest BCUT2D eigenvalue weighted by Crippen LogP contribution is -1.97. The summed E-state index contributed by atoms with van der Waals surface area (Å²) in [6.45, 7) is 4.43. The van der Waals surface area contributed by atoms with E-state index in [-0.39, 0.29) is 0 Å². The summed E-state index contributed by atoms with van der Waals surface area (Å²) in [5.74, 6) is 0. The van der Waals surface area contributed by atoms with Gasteiger partial charge in [0.05, 0.1) is 5.39 Å². The Labute approximate surface area is 168 Å². The Morgan fingerprint density at radius 3 is 2.63 bits per heavy atom. The molecule has 0 saturated heterocycles. The summed E-state index contributed by atoms with van der Waals surface area (Å²) in [6, 6.07) is 18.2. The van der Waals surface area contributed by atoms with E-state index >= 15 is 0 Å². The van der Waals surface area contributed by atoms with Gasteiger partial charge in [0.15, 0.2) is 0 Å². The lowest BCUT2D eigenvalue weighted by Gasteiger charge is -2.10. The number of rotatable bonds is 5. The summed E-state index contributed by atoms with van der Waals surface area (Å²) in [5.41, 5.74) is 4.19. The molecular formula is C22H20ClN3S. The van der Waals surface area contributed by atoms with Gasteiger partial charge in [0.2, 0.25) is 0 Å². The predicted octanol–water partition coefficient (Wildman–Crippen LogP) is 6.63. The molecule has 0 fully saturated rings. The lowest BCUT2D eigenvalue weighted by molar-refractivity contribution is 0.901. The van der Waals surface area contributed by atoms with E-state index in [0.29, 0.717) is 10.3 Å². The fraction of sp³-hybridized carbons (Fsp3) is 0.182. The van der Waals surface area contributed by atoms with Crippen LogP contribution in [-0.2, 0) is 0 Å². The first-order chi connectivity index (χ1) is 13.2. The van der Waals surface area contributed by atoms with Crippen LogP contribution in [0, 0.1) is 0 Å². The van der Waals surface area contributed by atoms with E-state index in [1.165, 1.54) is 0 Å². The van der Waals surface area contributed by atoms with Gasteiger partial charge in [0.1, 0.15) is 17.0 Å². The summed E-state index contributed by atoms with van der Waals surface area (Å²) in [4.78, 5) is 9.24. The van der Waals surface area contributed by atoms with Gasteiger partial charge in [0.25, 0.3) is 0 Å². The molecule has 0 unspecified atom stereocenters. The van der Waals surface area contributed by atoms with E-state index in [1.54, 1.807) is 18.1 Å². The Hall–Kier alpha value is -2.30. The average Bonchev–Trinajstić information content (AvgIpc) is 3.09. The molecule has 4 rings (SSSR count). The van der Waals surface area contributed by atoms with Gasteiger partial charge in [-0.15, -0.1) is 11.8 Å². The molecule has 0 bridgehead atoms. The molecule has 0 spiro atoms. The van der Waals surface area contributed by atoms with Crippen LogP contribution in [0.25, 0.3) is 27.8 Å². The van der Waals surface area contributed by atoms with Crippen molar-refractivity contribution in [1.29, 1.82) is 0 Å². The van der Waals surface area contributed by atoms with Gasteiger partial charge in [-0.1, -0.05) is 61.8 Å². The van der Waals surface area contributed by atoms with E-state index in [4.69, 9.17) is 11.6 Å². The van der Waals surface area contributed by atoms with Gasteiger partial charge < -0.3 is 4.57 Å². The van der Waals surface area contributed by atoms with E-state index < -0.39 is 0 Å². The number of fused-ring (bicyclic) bond motifs is 1. The standard InChI is InChI=1S/C22H20ClN3S/c1-3-15(2)27-22-20-19(16-8-5-4-6-9-16)13-26(21(20)24-14-25-22)18-11-7-10-17(23)12-18/h4-15H,3H2,1-2H3/t15-/m1/s1. The highest BCUT2D eigenvalue weighted by Gasteiger charge is 2.18. The first kappa shape index (κ1) is 18.1. The number of aromatic nitrogens is 3. The molecule has 136 valence electrons. The highest BCUT2D eigenvalue weighted by atomic mass is 35.5. The van der Waals surface area contributed by atoms with E-state index in [1.807, 2.05) is 30.3 Å². The van der Waals surface area contributed by atoms with Crippen molar-refractivity contribution in [2.45, 2.75) is 30.5 Å². The Bertz CT molecular complexity index is 1080. The zero-order chi connectivity index (χ0) is 18.8. The molecule has 2 aromatic heterocycles. The van der Waals surface area contributed by atoms with E-state index in [0.717, 1.165) is 39.3 Å². The third kappa shape index (κ3) is 3.60. The van der Waals surface area contributed by atoms with E-state index in [9.17, 15) is 0 Å². The molecule has 0 radical (unpaired) electrons. The molecule has 2 heterocycles. The third-order valence-corrected chi connectivity index (χ3v) is 6.11. The SMILES string of the molecule is CC[C@@H](C)Sc1ncnc2c1c(-c1ccccc1)cn2-c1cccc(Cl)c1. The summed E-state index contributed by atoms with van der Waals surface area (Å²) in [6.07, 6.45) is 4.88. The fourth-order valence-corrected chi connectivity index (χ4v) is 4.22. The molecule has 0 aliphatic rings. The Kier molecular flexibility index (Phi) is 5.19. The van der Waals surface area contributed by atoms with Crippen LogP contribution in [0.4, 0.5) is 0 Å². The summed E-state index contributed by atoms with van der Waals surface area (Å²) < 4.78 is 2.10. The molecule has 27 heavy (non-hydrogen) atoms. The van der Waals surface area contributed by atoms with Crippen molar-refractivity contribution in [3.8, 4) is 16.8 Å². The van der Waals surface area contributed by atoms with E-state index in [2.05, 4.69) is 58.8 Å². The van der Waals surface area contributed by atoms with Crippen molar-refractivity contribution in [3.05, 3.63) is 72.1 Å². The first-order valence-corrected chi connectivity index (χ1v) is 10.3. The first-order valence-electron chi connectivity index (χ1n) is 9.01. The van der Waals surface area contributed by atoms with Gasteiger partial charge in [-0.2, -0.15) is 0 Å². The maximum Gasteiger partial charge on any atom is 0.149 e. The predicted molar refractivity (Wildman–Crippen MR) is 115 cm³/mol. The molecule has 5 heteroatoms. The molecule has 0 aliphatic carbocycles. The van der Waals surface area contributed by atoms with Gasteiger partial charge in [-0.05, 0) is 30.2 Å². The minimum Gasteiger partial charge on any atom is -0.301 e. The van der Waals surface area contributed by atoms with Crippen LogP contribution in [0.15, 0.2) is 72.1 Å². The topological polar surface area (TPSA) is 30.7 Å². The van der Waals surface area contributed by atoms with Gasteiger partial charge >= 0.3 is 0 Å². The normalized spacial score (nSPS) is 12.4. The molecule has 1 atom stereocenters. The van der Waals surface area contributed by atoms with Crippen molar-refractivity contribution in [2.75, 3.05) is 0 Å². The molecule has 2 aromatic carbocycles. The molecule has 0 aliphatic heterocycles. The second-order valence-corrected chi connectivity index (χ2v) is 8.34. The smallest absolute Gasteiger partial charge is 0.149 e. The number of halogens is 1. The fourth-order valence-electron chi connectivity index (χ4n) is 3.06. The quantitative estimate of drug-likeness (QED) is 0.281. The van der Waals surface area contributed by atoms with Crippen LogP contribution in [0.5, 0.6) is 0 Å². The van der Waals surface area contributed by atoms with Crippen LogP contribution in [0.3, 0.4) is 0 Å². The Morgan fingerprint density at radius 2 is 1.89 bits per heavy atom. The number of thioether (sulfide) groups is 1. The van der Waals surface area contributed by atoms with Gasteiger partial charge in [-0.3, -0.25) is 0 Å². The zero-order valence-electron chi connectivity index (χ0n) is 15.3. The lowest BCUT2D eigenvalue weighted by atomic mass is 10.1. The van der Waals surface area contributed by atoms with Crippen molar-refractivity contribution >= 4 is 34.4 Å². The molecule has 4 aromatic rings. The third-order valence-electron chi connectivity index (χ3n) is 4.61. The average molecular weight is 394 g/mol. The van der Waals surface area contributed by atoms with Gasteiger partial charge in [-0.25, -0.2) is 9.97 Å². The highest BCUT2D eigenvalue weighted by Crippen LogP contribution is 2.38. The Morgan fingerprint density at radius 1 is 1.07 bits per heavy atom. The minimum atomic E-state index is 0.487. The Balaban J connectivity index is 2.00.